The first-order chi connectivity index (χ1) is 17.4. The molecule has 5 nitrogen and oxygen atoms in total. The van der Waals surface area contributed by atoms with Gasteiger partial charge in [0, 0.05) is 17.2 Å². The van der Waals surface area contributed by atoms with E-state index in [4.69, 9.17) is 14.2 Å². The second-order valence-corrected chi connectivity index (χ2v) is 7.77. The normalized spacial score (nSPS) is 10.9. The van der Waals surface area contributed by atoms with Crippen LogP contribution in [-0.4, -0.2) is 17.8 Å². The van der Waals surface area contributed by atoms with Crippen LogP contribution < -0.4 is 14.2 Å². The number of aromatic nitrogens is 1. The first-order valence-electron chi connectivity index (χ1n) is 11.0. The third kappa shape index (κ3) is 6.76. The lowest BCUT2D eigenvalue weighted by molar-refractivity contribution is -0.153. The van der Waals surface area contributed by atoms with Gasteiger partial charge < -0.3 is 14.2 Å². The summed E-state index contributed by atoms with van der Waals surface area (Å²) < 4.78 is 54.2. The molecule has 0 spiro atoms. The van der Waals surface area contributed by atoms with Crippen LogP contribution in [0.15, 0.2) is 91.0 Å². The largest absolute Gasteiger partial charge is 0.484 e. The van der Waals surface area contributed by atoms with E-state index in [0.29, 0.717) is 23.6 Å². The highest BCUT2D eigenvalue weighted by Crippen LogP contribution is 2.35. The van der Waals surface area contributed by atoms with Crippen LogP contribution >= 0.6 is 0 Å². The van der Waals surface area contributed by atoms with Crippen molar-refractivity contribution in [2.45, 2.75) is 19.4 Å². The summed E-state index contributed by atoms with van der Waals surface area (Å²) in [6.45, 7) is -0.921. The summed E-state index contributed by atoms with van der Waals surface area (Å²) in [6.07, 6.45) is -4.48. The van der Waals surface area contributed by atoms with Gasteiger partial charge in [-0.15, -0.1) is 0 Å². The van der Waals surface area contributed by atoms with E-state index >= 15 is 0 Å². The Kier molecular flexibility index (Phi) is 7.71. The fourth-order valence-electron chi connectivity index (χ4n) is 3.38. The molecule has 8 heteroatoms. The highest BCUT2D eigenvalue weighted by atomic mass is 19.4. The van der Waals surface area contributed by atoms with Crippen molar-refractivity contribution in [1.29, 1.82) is 5.26 Å². The fourth-order valence-corrected chi connectivity index (χ4v) is 3.38. The Hall–Kier alpha value is -4.51. The lowest BCUT2D eigenvalue weighted by Gasteiger charge is -2.15. The van der Waals surface area contributed by atoms with E-state index in [1.807, 2.05) is 66.7 Å². The highest BCUT2D eigenvalue weighted by molar-refractivity contribution is 5.75. The quantitative estimate of drug-likeness (QED) is 0.261. The number of ether oxygens (including phenoxy) is 3. The summed E-state index contributed by atoms with van der Waals surface area (Å²) in [5.74, 6) is 0.495. The van der Waals surface area contributed by atoms with Crippen LogP contribution in [-0.2, 0) is 13.2 Å². The first-order valence-corrected chi connectivity index (χ1v) is 11.0. The Labute approximate surface area is 206 Å². The molecule has 0 saturated carbocycles. The lowest BCUT2D eigenvalue weighted by Crippen LogP contribution is -2.19. The molecule has 3 aromatic carbocycles. The van der Waals surface area contributed by atoms with Gasteiger partial charge in [0.1, 0.15) is 19.0 Å². The molecule has 0 N–H and O–H groups in total. The standard InChI is InChI=1S/C28H21F3N2O3/c29-28(30,31)19-36-23-11-12-24(22(15-23)16-32)25-13-14-26(34-17-20-7-3-1-4-8-20)33-27(25)35-18-21-9-5-2-6-10-21/h1-15H,17-19H2. The minimum absolute atomic E-state index is 0.0600. The number of hydrogen-bond acceptors (Lipinski definition) is 5. The molecule has 182 valence electrons. The Morgan fingerprint density at radius 1 is 0.722 bits per heavy atom. The minimum Gasteiger partial charge on any atom is -0.484 e. The second kappa shape index (κ2) is 11.3. The van der Waals surface area contributed by atoms with Gasteiger partial charge in [-0.2, -0.15) is 23.4 Å². The maximum Gasteiger partial charge on any atom is 0.422 e. The average Bonchev–Trinajstić information content (AvgIpc) is 2.90. The Morgan fingerprint density at radius 3 is 1.94 bits per heavy atom. The van der Waals surface area contributed by atoms with Gasteiger partial charge in [0.25, 0.3) is 0 Å². The van der Waals surface area contributed by atoms with Crippen LogP contribution in [0, 0.1) is 11.3 Å². The molecule has 0 aliphatic carbocycles. The molecule has 1 aromatic heterocycles. The summed E-state index contributed by atoms with van der Waals surface area (Å²) >= 11 is 0. The van der Waals surface area contributed by atoms with E-state index in [1.165, 1.54) is 18.2 Å². The van der Waals surface area contributed by atoms with Gasteiger partial charge in [-0.3, -0.25) is 0 Å². The monoisotopic (exact) mass is 490 g/mol. The predicted molar refractivity (Wildman–Crippen MR) is 127 cm³/mol. The van der Waals surface area contributed by atoms with Crippen molar-refractivity contribution >= 4 is 0 Å². The summed E-state index contributed by atoms with van der Waals surface area (Å²) in [6, 6.07) is 28.6. The summed E-state index contributed by atoms with van der Waals surface area (Å²) in [7, 11) is 0. The van der Waals surface area contributed by atoms with E-state index in [-0.39, 0.29) is 23.8 Å². The van der Waals surface area contributed by atoms with Crippen molar-refractivity contribution in [1.82, 2.24) is 4.98 Å². The third-order valence-corrected chi connectivity index (χ3v) is 5.09. The maximum atomic E-state index is 12.5. The SMILES string of the molecule is N#Cc1cc(OCC(F)(F)F)ccc1-c1ccc(OCc2ccccc2)nc1OCc1ccccc1. The molecular formula is C28H21F3N2O3. The van der Waals surface area contributed by atoms with Crippen molar-refractivity contribution in [3.63, 3.8) is 0 Å². The number of rotatable bonds is 9. The van der Waals surface area contributed by atoms with Gasteiger partial charge in [0.15, 0.2) is 6.61 Å². The van der Waals surface area contributed by atoms with Gasteiger partial charge in [-0.25, -0.2) is 0 Å². The predicted octanol–water partition coefficient (Wildman–Crippen LogP) is 6.72. The number of nitriles is 1. The van der Waals surface area contributed by atoms with Gasteiger partial charge in [-0.05, 0) is 35.4 Å². The molecule has 4 rings (SSSR count). The number of nitrogens with zero attached hydrogens (tertiary/aromatic N) is 2. The van der Waals surface area contributed by atoms with Gasteiger partial charge in [0.2, 0.25) is 11.8 Å². The lowest BCUT2D eigenvalue weighted by atomic mass is 10.0. The van der Waals surface area contributed by atoms with Gasteiger partial charge >= 0.3 is 6.18 Å². The number of alkyl halides is 3. The number of benzene rings is 3. The highest BCUT2D eigenvalue weighted by Gasteiger charge is 2.28. The molecule has 1 heterocycles. The molecule has 0 saturated heterocycles. The van der Waals surface area contributed by atoms with Gasteiger partial charge in [0.05, 0.1) is 11.6 Å². The topological polar surface area (TPSA) is 64.4 Å². The molecule has 0 bridgehead atoms. The molecule has 36 heavy (non-hydrogen) atoms. The van der Waals surface area contributed by atoms with Crippen LogP contribution in [0.4, 0.5) is 13.2 Å². The van der Waals surface area contributed by atoms with Gasteiger partial charge in [-0.1, -0.05) is 60.7 Å². The van der Waals surface area contributed by atoms with E-state index < -0.39 is 12.8 Å². The Balaban J connectivity index is 1.63. The zero-order valence-electron chi connectivity index (χ0n) is 19.0. The second-order valence-electron chi connectivity index (χ2n) is 7.77. The summed E-state index contributed by atoms with van der Waals surface area (Å²) in [5, 5.41) is 9.68. The number of hydrogen-bond donors (Lipinski definition) is 0. The number of halogens is 3. The molecule has 4 aromatic rings. The van der Waals surface area contributed by atoms with Crippen LogP contribution in [0.3, 0.4) is 0 Å². The Morgan fingerprint density at radius 2 is 1.33 bits per heavy atom. The molecule has 0 atom stereocenters. The average molecular weight is 490 g/mol. The molecule has 0 amide bonds. The summed E-state index contributed by atoms with van der Waals surface area (Å²) in [5.41, 5.74) is 2.95. The zero-order valence-corrected chi connectivity index (χ0v) is 19.0. The minimum atomic E-state index is -4.48. The van der Waals surface area contributed by atoms with Crippen LogP contribution in [0.1, 0.15) is 16.7 Å². The van der Waals surface area contributed by atoms with Crippen molar-refractivity contribution in [3.8, 4) is 34.7 Å². The van der Waals surface area contributed by atoms with E-state index in [1.54, 1.807) is 12.1 Å². The van der Waals surface area contributed by atoms with Crippen LogP contribution in [0.5, 0.6) is 17.5 Å². The third-order valence-electron chi connectivity index (χ3n) is 5.09. The molecule has 0 aliphatic rings. The van der Waals surface area contributed by atoms with Crippen molar-refractivity contribution in [2.24, 2.45) is 0 Å². The molecular weight excluding hydrogens is 469 g/mol. The molecule has 0 fully saturated rings. The van der Waals surface area contributed by atoms with Crippen LogP contribution in [0.2, 0.25) is 0 Å². The zero-order chi connectivity index (χ0) is 25.4. The van der Waals surface area contributed by atoms with E-state index in [2.05, 4.69) is 4.98 Å². The Bertz CT molecular complexity index is 1340. The van der Waals surface area contributed by atoms with E-state index in [0.717, 1.165) is 11.1 Å². The van der Waals surface area contributed by atoms with Crippen molar-refractivity contribution in [2.75, 3.05) is 6.61 Å². The van der Waals surface area contributed by atoms with Crippen molar-refractivity contribution < 1.29 is 27.4 Å². The smallest absolute Gasteiger partial charge is 0.422 e. The number of pyridine rings is 1. The maximum absolute atomic E-state index is 12.5. The summed E-state index contributed by atoms with van der Waals surface area (Å²) in [4.78, 5) is 4.51. The van der Waals surface area contributed by atoms with E-state index in [9.17, 15) is 18.4 Å². The molecule has 0 aliphatic heterocycles. The first kappa shape index (κ1) is 24.6. The molecule has 0 unspecified atom stereocenters. The fraction of sp³-hybridized carbons (Fsp3) is 0.143. The van der Waals surface area contributed by atoms with Crippen molar-refractivity contribution in [3.05, 3.63) is 108 Å². The van der Waals surface area contributed by atoms with Crippen LogP contribution in [0.25, 0.3) is 11.1 Å². The molecule has 0 radical (unpaired) electrons.